The highest BCUT2D eigenvalue weighted by atomic mass is 16.6. The third kappa shape index (κ3) is 3.12. The minimum atomic E-state index is -0.0899. The lowest BCUT2D eigenvalue weighted by molar-refractivity contribution is 0.0828. The number of rotatable bonds is 3. The van der Waals surface area contributed by atoms with E-state index in [2.05, 4.69) is 5.32 Å². The molecular weight excluding hydrogens is 216 g/mol. The fraction of sp³-hybridized carbons (Fsp3) is 0.923. The first-order valence-electron chi connectivity index (χ1n) is 6.97. The summed E-state index contributed by atoms with van der Waals surface area (Å²) in [5.41, 5.74) is 0. The van der Waals surface area contributed by atoms with Gasteiger partial charge >= 0.3 is 6.09 Å². The molecule has 0 aromatic heterocycles. The molecule has 0 aliphatic carbocycles. The summed E-state index contributed by atoms with van der Waals surface area (Å²) in [4.78, 5) is 13.9. The molecule has 1 unspecified atom stereocenters. The van der Waals surface area contributed by atoms with E-state index in [0.717, 1.165) is 38.9 Å². The van der Waals surface area contributed by atoms with Crippen molar-refractivity contribution in [3.63, 3.8) is 0 Å². The average Bonchev–Trinajstić information content (AvgIpc) is 2.86. The Morgan fingerprint density at radius 1 is 1.35 bits per heavy atom. The van der Waals surface area contributed by atoms with Gasteiger partial charge in [-0.05, 0) is 51.1 Å². The number of carbonyl (C=O) groups excluding carboxylic acids is 1. The first-order valence-corrected chi connectivity index (χ1v) is 6.97. The number of nitrogens with zero attached hydrogens (tertiary/aromatic N) is 1. The number of nitrogens with one attached hydrogen (secondary N) is 1. The van der Waals surface area contributed by atoms with Crippen LogP contribution in [0.2, 0.25) is 0 Å². The van der Waals surface area contributed by atoms with Crippen molar-refractivity contribution < 1.29 is 9.53 Å². The Balaban J connectivity index is 1.89. The maximum Gasteiger partial charge on any atom is 0.410 e. The van der Waals surface area contributed by atoms with Gasteiger partial charge < -0.3 is 15.0 Å². The Hall–Kier alpha value is -0.770. The lowest BCUT2D eigenvalue weighted by Gasteiger charge is -2.33. The molecule has 1 amide bonds. The summed E-state index contributed by atoms with van der Waals surface area (Å²) in [6.45, 7) is 5.66. The molecule has 0 radical (unpaired) electrons. The standard InChI is InChI=1S/C13H24N2O2/c1-2-10-17-13(16)15-9-3-4-12(15)11-5-7-14-8-6-11/h11-12,14H,2-10H2,1H3. The van der Waals surface area contributed by atoms with Gasteiger partial charge in [0, 0.05) is 12.6 Å². The molecular formula is C13H24N2O2. The number of hydrogen-bond acceptors (Lipinski definition) is 3. The van der Waals surface area contributed by atoms with E-state index in [-0.39, 0.29) is 6.09 Å². The van der Waals surface area contributed by atoms with Crippen LogP contribution in [-0.2, 0) is 4.74 Å². The molecule has 4 nitrogen and oxygen atoms in total. The number of amides is 1. The Bertz CT molecular complexity index is 252. The van der Waals surface area contributed by atoms with Gasteiger partial charge in [0.25, 0.3) is 0 Å². The lowest BCUT2D eigenvalue weighted by atomic mass is 9.89. The third-order valence-electron chi connectivity index (χ3n) is 3.89. The number of ether oxygens (including phenoxy) is 1. The summed E-state index contributed by atoms with van der Waals surface area (Å²) in [7, 11) is 0. The van der Waals surface area contributed by atoms with E-state index in [4.69, 9.17) is 4.74 Å². The number of carbonyl (C=O) groups is 1. The average molecular weight is 240 g/mol. The van der Waals surface area contributed by atoms with Gasteiger partial charge in [0.1, 0.15) is 0 Å². The van der Waals surface area contributed by atoms with E-state index in [1.54, 1.807) is 0 Å². The van der Waals surface area contributed by atoms with Crippen LogP contribution in [0, 0.1) is 5.92 Å². The topological polar surface area (TPSA) is 41.6 Å². The van der Waals surface area contributed by atoms with E-state index < -0.39 is 0 Å². The molecule has 0 bridgehead atoms. The van der Waals surface area contributed by atoms with Gasteiger partial charge in [-0.15, -0.1) is 0 Å². The maximum atomic E-state index is 11.9. The van der Waals surface area contributed by atoms with E-state index in [1.165, 1.54) is 12.8 Å². The molecule has 1 atom stereocenters. The van der Waals surface area contributed by atoms with Crippen LogP contribution in [0.15, 0.2) is 0 Å². The molecule has 2 heterocycles. The summed E-state index contributed by atoms with van der Waals surface area (Å²) in [5, 5.41) is 3.38. The molecule has 2 fully saturated rings. The van der Waals surface area contributed by atoms with Crippen LogP contribution in [0.5, 0.6) is 0 Å². The Labute approximate surface area is 104 Å². The zero-order valence-electron chi connectivity index (χ0n) is 10.8. The first-order chi connectivity index (χ1) is 8.33. The summed E-state index contributed by atoms with van der Waals surface area (Å²) in [6.07, 6.45) is 5.50. The largest absolute Gasteiger partial charge is 0.449 e. The number of piperidine rings is 1. The summed E-state index contributed by atoms with van der Waals surface area (Å²) >= 11 is 0. The Kier molecular flexibility index (Phi) is 4.66. The molecule has 0 aromatic carbocycles. The van der Waals surface area contributed by atoms with Crippen LogP contribution in [0.1, 0.15) is 39.0 Å². The second-order valence-corrected chi connectivity index (χ2v) is 5.10. The van der Waals surface area contributed by atoms with Gasteiger partial charge in [-0.3, -0.25) is 0 Å². The van der Waals surface area contributed by atoms with Gasteiger partial charge in [0.15, 0.2) is 0 Å². The van der Waals surface area contributed by atoms with Crippen LogP contribution >= 0.6 is 0 Å². The molecule has 0 aromatic rings. The van der Waals surface area contributed by atoms with Gasteiger partial charge in [0.05, 0.1) is 6.61 Å². The Morgan fingerprint density at radius 2 is 2.12 bits per heavy atom. The van der Waals surface area contributed by atoms with Crippen LogP contribution in [0.3, 0.4) is 0 Å². The molecule has 2 rings (SSSR count). The predicted molar refractivity (Wildman–Crippen MR) is 67.0 cm³/mol. The van der Waals surface area contributed by atoms with E-state index in [9.17, 15) is 4.79 Å². The van der Waals surface area contributed by atoms with Gasteiger partial charge in [-0.2, -0.15) is 0 Å². The highest BCUT2D eigenvalue weighted by Gasteiger charge is 2.35. The normalized spacial score (nSPS) is 26.2. The first kappa shape index (κ1) is 12.7. The molecule has 1 N–H and O–H groups in total. The summed E-state index contributed by atoms with van der Waals surface area (Å²) in [6, 6.07) is 0.432. The van der Waals surface area contributed by atoms with Crippen molar-refractivity contribution in [3.05, 3.63) is 0 Å². The monoisotopic (exact) mass is 240 g/mol. The Morgan fingerprint density at radius 3 is 2.82 bits per heavy atom. The SMILES string of the molecule is CCCOC(=O)N1CCCC1C1CCNCC1. The van der Waals surface area contributed by atoms with Crippen LogP contribution in [-0.4, -0.2) is 43.3 Å². The van der Waals surface area contributed by atoms with Crippen molar-refractivity contribution in [3.8, 4) is 0 Å². The lowest BCUT2D eigenvalue weighted by Crippen LogP contribution is -2.44. The highest BCUT2D eigenvalue weighted by Crippen LogP contribution is 2.29. The molecule has 0 saturated carbocycles. The van der Waals surface area contributed by atoms with E-state index in [0.29, 0.717) is 18.6 Å². The predicted octanol–water partition coefficient (Wildman–Crippen LogP) is 2.00. The fourth-order valence-electron chi connectivity index (χ4n) is 3.01. The third-order valence-corrected chi connectivity index (χ3v) is 3.89. The quantitative estimate of drug-likeness (QED) is 0.820. The van der Waals surface area contributed by atoms with Crippen molar-refractivity contribution in [2.75, 3.05) is 26.2 Å². The van der Waals surface area contributed by atoms with Crippen LogP contribution < -0.4 is 5.32 Å². The zero-order chi connectivity index (χ0) is 12.1. The van der Waals surface area contributed by atoms with Crippen molar-refractivity contribution >= 4 is 6.09 Å². The molecule has 2 aliphatic heterocycles. The zero-order valence-corrected chi connectivity index (χ0v) is 10.8. The fourth-order valence-corrected chi connectivity index (χ4v) is 3.01. The number of hydrogen-bond donors (Lipinski definition) is 1. The molecule has 98 valence electrons. The van der Waals surface area contributed by atoms with Crippen molar-refractivity contribution in [2.24, 2.45) is 5.92 Å². The van der Waals surface area contributed by atoms with E-state index >= 15 is 0 Å². The number of likely N-dealkylation sites (tertiary alicyclic amines) is 1. The van der Waals surface area contributed by atoms with Crippen LogP contribution in [0.25, 0.3) is 0 Å². The molecule has 4 heteroatoms. The summed E-state index contributed by atoms with van der Waals surface area (Å²) < 4.78 is 5.27. The minimum absolute atomic E-state index is 0.0899. The second kappa shape index (κ2) is 6.24. The highest BCUT2D eigenvalue weighted by molar-refractivity contribution is 5.68. The molecule has 0 spiro atoms. The van der Waals surface area contributed by atoms with Gasteiger partial charge in [0.2, 0.25) is 0 Å². The van der Waals surface area contributed by atoms with Gasteiger partial charge in [-0.1, -0.05) is 6.92 Å². The van der Waals surface area contributed by atoms with Crippen molar-refractivity contribution in [2.45, 2.75) is 45.1 Å². The van der Waals surface area contributed by atoms with Crippen molar-refractivity contribution in [1.82, 2.24) is 10.2 Å². The maximum absolute atomic E-state index is 11.9. The minimum Gasteiger partial charge on any atom is -0.449 e. The van der Waals surface area contributed by atoms with Crippen LogP contribution in [0.4, 0.5) is 4.79 Å². The second-order valence-electron chi connectivity index (χ2n) is 5.10. The van der Waals surface area contributed by atoms with E-state index in [1.807, 2.05) is 11.8 Å². The molecule has 2 aliphatic rings. The summed E-state index contributed by atoms with van der Waals surface area (Å²) in [5.74, 6) is 0.674. The molecule has 17 heavy (non-hydrogen) atoms. The smallest absolute Gasteiger partial charge is 0.410 e. The van der Waals surface area contributed by atoms with Crippen molar-refractivity contribution in [1.29, 1.82) is 0 Å². The molecule has 2 saturated heterocycles. The van der Waals surface area contributed by atoms with Gasteiger partial charge in [-0.25, -0.2) is 4.79 Å².